The Morgan fingerprint density at radius 3 is 0.807 bits per heavy atom. The summed E-state index contributed by atoms with van der Waals surface area (Å²) < 4.78 is 151. The highest BCUT2D eigenvalue weighted by Gasteiger charge is 2.58. The van der Waals surface area contributed by atoms with Crippen LogP contribution in [0.3, 0.4) is 0 Å². The maximum atomic E-state index is 11.9. The summed E-state index contributed by atoms with van der Waals surface area (Å²) in [6.07, 6.45) is 47.6. The predicted octanol–water partition coefficient (Wildman–Crippen LogP) is 19.8. The standard InChI is InChI=1S/C24H37NO5S.C24H37NO4S.C23H35NO4S.C22H37NO5S/c1-18-13-19(15-21(22(18)30-2)31(27,28)29)14-20-16-23(9-5-3-6-10-23)25(26)24(17-20)11-7-4-8-12-24;1-18-13-20(15-22(19(18)2)30(27,28)29)14-21-16-23(9-5-3-6-10-23)25(26)24(17-21)11-7-4-8-12-24;1-18-12-19(15-21(13-18)29(26,27)28)14-20-16-22(8-4-2-5-9-22)24(25)23(17-20)10-6-3-7-11-23;1-7-21(8-2)14-18(15-22(9-3,10-4)23(21)24)12-17-11-16(5)20(28-6)19(13-17)29(25,26)27/h13,15,20,26H,3-12,14,16-17H2,1-2H3,(H,27,28,29);13,15,21,26H,3-12,14,16-17H2,1-2H3,(H,27,28,29);12-13,15,20,25H,2-11,14,16-17H2,1H3,(H,26,27,28);11,13,18,24H,7-10,12,14-15H2,1-6H3,(H,25,26,27)/p-4. The number of hydrogen-bond acceptors (Lipinski definition) is 22. The molecule has 119 heavy (non-hydrogen) atoms. The summed E-state index contributed by atoms with van der Waals surface area (Å²) in [4.78, 5) is -0.739. The zero-order valence-electron chi connectivity index (χ0n) is 73.5. The third kappa shape index (κ3) is 21.1. The van der Waals surface area contributed by atoms with E-state index >= 15 is 0 Å². The molecule has 4 aliphatic heterocycles. The minimum absolute atomic E-state index is 0.0724. The Morgan fingerprint density at radius 2 is 0.563 bits per heavy atom. The molecular formula is C93H142N4O18S4-4. The third-order valence-corrected chi connectivity index (χ3v) is 34.7. The fraction of sp³-hybridized carbons (Fsp3) is 0.742. The van der Waals surface area contributed by atoms with Crippen LogP contribution < -0.4 is 9.47 Å². The van der Waals surface area contributed by atoms with Gasteiger partial charge in [0.25, 0.3) is 0 Å². The van der Waals surface area contributed by atoms with Crippen molar-refractivity contribution >= 4 is 40.5 Å². The van der Waals surface area contributed by atoms with E-state index in [1.54, 1.807) is 38.0 Å². The van der Waals surface area contributed by atoms with E-state index in [1.807, 2.05) is 47.2 Å². The molecule has 4 saturated heterocycles. The number of benzene rings is 4. The molecule has 0 radical (unpaired) electrons. The van der Waals surface area contributed by atoms with Crippen molar-refractivity contribution in [2.45, 2.75) is 422 Å². The molecule has 4 heterocycles. The van der Waals surface area contributed by atoms with E-state index in [-0.39, 0.29) is 81.3 Å². The lowest BCUT2D eigenvalue weighted by molar-refractivity contribution is -0.286. The van der Waals surface area contributed by atoms with Gasteiger partial charge in [-0.3, -0.25) is 0 Å². The van der Waals surface area contributed by atoms with Crippen LogP contribution in [0.1, 0.15) is 347 Å². The van der Waals surface area contributed by atoms with Crippen LogP contribution in [0.15, 0.2) is 74.2 Å². The molecule has 26 heteroatoms. The third-order valence-electron chi connectivity index (χ3n) is 31.3. The molecule has 0 bridgehead atoms. The number of ether oxygens (including phenoxy) is 2. The fourth-order valence-corrected chi connectivity index (χ4v) is 28.7. The van der Waals surface area contributed by atoms with Gasteiger partial charge in [0.05, 0.1) is 33.8 Å². The first-order valence-corrected chi connectivity index (χ1v) is 51.1. The topological polar surface area (TPSA) is 341 Å². The molecule has 4 aromatic carbocycles. The number of aryl methyl sites for hydroxylation is 4. The van der Waals surface area contributed by atoms with Crippen molar-refractivity contribution in [1.29, 1.82) is 0 Å². The Kier molecular flexibility index (Phi) is 30.9. The lowest BCUT2D eigenvalue weighted by Crippen LogP contribution is -2.65. The van der Waals surface area contributed by atoms with Gasteiger partial charge in [-0.25, -0.2) is 33.7 Å². The smallest absolute Gasteiger partial charge is 0.139 e. The summed E-state index contributed by atoms with van der Waals surface area (Å²) in [7, 11) is -15.4. The van der Waals surface area contributed by atoms with Gasteiger partial charge < -0.3 is 48.5 Å². The van der Waals surface area contributed by atoms with Crippen LogP contribution >= 0.6 is 0 Å². The lowest BCUT2D eigenvalue weighted by atomic mass is 9.62. The molecule has 0 atom stereocenters. The first kappa shape index (κ1) is 95.5. The second-order valence-corrected chi connectivity index (χ2v) is 44.6. The number of piperidine rings is 4. The highest BCUT2D eigenvalue weighted by atomic mass is 32.2. The first-order chi connectivity index (χ1) is 56.1. The van der Waals surface area contributed by atoms with Crippen molar-refractivity contribution in [3.05, 3.63) is 105 Å². The Balaban J connectivity index is 0.000000155. The van der Waals surface area contributed by atoms with Crippen molar-refractivity contribution in [2.24, 2.45) is 23.7 Å². The van der Waals surface area contributed by atoms with E-state index in [4.69, 9.17) is 9.47 Å². The molecule has 6 aliphatic carbocycles. The molecule has 0 aromatic heterocycles. The number of methoxy groups -OCH3 is 2. The van der Waals surface area contributed by atoms with Gasteiger partial charge in [-0.15, -0.1) is 0 Å². The minimum Gasteiger partial charge on any atom is -0.744 e. The molecule has 10 fully saturated rings. The Hall–Kier alpha value is -4.20. The van der Waals surface area contributed by atoms with Crippen LogP contribution in [0.5, 0.6) is 11.5 Å². The molecule has 14 rings (SSSR count). The Bertz CT molecular complexity index is 4480. The molecule has 10 aliphatic rings. The average molecular weight is 1730 g/mol. The first-order valence-electron chi connectivity index (χ1n) is 45.5. The summed E-state index contributed by atoms with van der Waals surface area (Å²) in [6.45, 7) is 17.5. The van der Waals surface area contributed by atoms with Crippen molar-refractivity contribution < 1.29 is 82.2 Å². The fourth-order valence-electron chi connectivity index (χ4n) is 25.8. The molecule has 4 aromatic rings. The van der Waals surface area contributed by atoms with E-state index in [1.165, 1.54) is 122 Å². The summed E-state index contributed by atoms with van der Waals surface area (Å²) >= 11 is 0. The zero-order chi connectivity index (χ0) is 86.6. The number of hydrogen-bond donors (Lipinski definition) is 4. The summed E-state index contributed by atoms with van der Waals surface area (Å²) in [5, 5.41) is 52.7. The van der Waals surface area contributed by atoms with Crippen LogP contribution in [-0.4, -0.2) is 151 Å². The van der Waals surface area contributed by atoms with Gasteiger partial charge in [0, 0.05) is 44.3 Å². The molecule has 6 saturated carbocycles. The van der Waals surface area contributed by atoms with Gasteiger partial charge in [0.15, 0.2) is 0 Å². The van der Waals surface area contributed by atoms with Gasteiger partial charge in [-0.1, -0.05) is 168 Å². The van der Waals surface area contributed by atoms with Crippen molar-refractivity contribution in [1.82, 2.24) is 20.3 Å². The highest BCUT2D eigenvalue weighted by Crippen LogP contribution is 2.58. The largest absolute Gasteiger partial charge is 0.744 e. The van der Waals surface area contributed by atoms with Crippen LogP contribution in [0.2, 0.25) is 0 Å². The molecular weight excluding hydrogens is 1590 g/mol. The predicted molar refractivity (Wildman–Crippen MR) is 456 cm³/mol. The van der Waals surface area contributed by atoms with Crippen LogP contribution in [-0.2, 0) is 66.2 Å². The Labute approximate surface area is 714 Å². The van der Waals surface area contributed by atoms with Crippen molar-refractivity contribution in [2.75, 3.05) is 14.2 Å². The average Bonchev–Trinajstić information content (AvgIpc) is 0.749. The van der Waals surface area contributed by atoms with Gasteiger partial charge in [-0.2, -0.15) is 20.3 Å². The summed E-state index contributed by atoms with van der Waals surface area (Å²) in [6, 6.07) is 15.6. The molecule has 22 nitrogen and oxygen atoms in total. The zero-order valence-corrected chi connectivity index (χ0v) is 76.7. The van der Waals surface area contributed by atoms with Crippen molar-refractivity contribution in [3.8, 4) is 11.5 Å². The monoisotopic (exact) mass is 1730 g/mol. The van der Waals surface area contributed by atoms with Gasteiger partial charge in [0.2, 0.25) is 0 Å². The van der Waals surface area contributed by atoms with E-state index in [0.29, 0.717) is 40.9 Å². The molecule has 6 spiro atoms. The lowest BCUT2D eigenvalue weighted by Gasteiger charge is -2.59. The van der Waals surface area contributed by atoms with Crippen LogP contribution in [0, 0.1) is 58.3 Å². The van der Waals surface area contributed by atoms with Gasteiger partial charge >= 0.3 is 0 Å². The van der Waals surface area contributed by atoms with Crippen LogP contribution in [0.25, 0.3) is 0 Å². The Morgan fingerprint density at radius 1 is 0.319 bits per heavy atom. The van der Waals surface area contributed by atoms with E-state index in [2.05, 4.69) is 33.8 Å². The second-order valence-electron chi connectivity index (χ2n) is 39.1. The molecule has 4 N–H and O–H groups in total. The maximum absolute atomic E-state index is 11.9. The SMILES string of the molecule is CCC1(CC)CC(Cc2cc(C)c(OC)c(S(=O)(=O)[O-])c2)CC(CC)(CC)N1O.COc1c(C)cc(CC2CC3(CCCCC3)N(O)C3(CCCCC3)C2)cc1S(=O)(=O)[O-].Cc1cc(CC2CC3(CCCCC3)N(O)C3(CCCCC3)C2)cc(S(=O)(=O)[O-])c1.Cc1cc(CC2CC3(CCCCC3)N(O)C3(CCCCC3)C2)cc(S(=O)(=O)[O-])c1C. The highest BCUT2D eigenvalue weighted by molar-refractivity contribution is 7.86. The normalized spacial score (nSPS) is 23.8. The van der Waals surface area contributed by atoms with E-state index in [9.17, 15) is 72.7 Å². The molecule has 0 unspecified atom stereocenters. The minimum atomic E-state index is -4.63. The number of rotatable bonds is 18. The number of hydroxylamine groups is 8. The van der Waals surface area contributed by atoms with Crippen molar-refractivity contribution in [3.63, 3.8) is 0 Å². The van der Waals surface area contributed by atoms with Gasteiger partial charge in [-0.05, 0) is 318 Å². The van der Waals surface area contributed by atoms with Crippen LogP contribution in [0.4, 0.5) is 0 Å². The van der Waals surface area contributed by atoms with E-state index in [0.717, 1.165) is 232 Å². The second kappa shape index (κ2) is 38.6. The molecule has 670 valence electrons. The van der Waals surface area contributed by atoms with Gasteiger partial charge in [0.1, 0.15) is 52.0 Å². The molecule has 0 amide bonds. The maximum Gasteiger partial charge on any atom is 0.139 e. The number of nitrogens with zero attached hydrogens (tertiary/aromatic N) is 4. The summed E-state index contributed by atoms with van der Waals surface area (Å²) in [5.41, 5.74) is 5.73. The van der Waals surface area contributed by atoms with E-state index < -0.39 is 40.5 Å². The quantitative estimate of drug-likeness (QED) is 0.0672. The summed E-state index contributed by atoms with van der Waals surface area (Å²) in [5.74, 6) is 1.72.